The Morgan fingerprint density at radius 2 is 2.18 bits per heavy atom. The summed E-state index contributed by atoms with van der Waals surface area (Å²) in [5, 5.41) is 12.1. The van der Waals surface area contributed by atoms with E-state index in [2.05, 4.69) is 5.32 Å². The van der Waals surface area contributed by atoms with Crippen LogP contribution in [0.5, 0.6) is 0 Å². The Morgan fingerprint density at radius 1 is 1.41 bits per heavy atom. The predicted molar refractivity (Wildman–Crippen MR) is 65.4 cm³/mol. The van der Waals surface area contributed by atoms with Gasteiger partial charge < -0.3 is 15.2 Å². The van der Waals surface area contributed by atoms with Gasteiger partial charge in [0.15, 0.2) is 0 Å². The number of rotatable bonds is 7. The van der Waals surface area contributed by atoms with Crippen LogP contribution >= 0.6 is 0 Å². The summed E-state index contributed by atoms with van der Waals surface area (Å²) in [6, 6.07) is 6.90. The number of carbonyl (C=O) groups is 1. The lowest BCUT2D eigenvalue weighted by Gasteiger charge is -2.09. The average Bonchev–Trinajstić information content (AvgIpc) is 3.13. The van der Waals surface area contributed by atoms with Gasteiger partial charge in [-0.3, -0.25) is 0 Å². The van der Waals surface area contributed by atoms with E-state index < -0.39 is 5.97 Å². The van der Waals surface area contributed by atoms with Gasteiger partial charge in [0.1, 0.15) is 0 Å². The first-order valence-corrected chi connectivity index (χ1v) is 5.91. The smallest absolute Gasteiger partial charge is 0.337 e. The van der Waals surface area contributed by atoms with Gasteiger partial charge in [0.2, 0.25) is 0 Å². The van der Waals surface area contributed by atoms with Crippen molar-refractivity contribution in [3.8, 4) is 0 Å². The van der Waals surface area contributed by atoms with Crippen LogP contribution in [0.3, 0.4) is 0 Å². The number of hydrogen-bond acceptors (Lipinski definition) is 3. The number of para-hydroxylation sites is 1. The minimum atomic E-state index is -0.910. The summed E-state index contributed by atoms with van der Waals surface area (Å²) in [6.45, 7) is 2.09. The zero-order valence-electron chi connectivity index (χ0n) is 9.69. The molecule has 0 heterocycles. The third-order valence-electron chi connectivity index (χ3n) is 2.77. The standard InChI is InChI=1S/C13H17NO3/c15-13(16)11-3-1-2-4-12(11)14-7-8-17-9-10-5-6-10/h1-4,10,14H,5-9H2,(H,15,16). The predicted octanol–water partition coefficient (Wildman–Crippen LogP) is 2.22. The number of ether oxygens (including phenoxy) is 1. The highest BCUT2D eigenvalue weighted by Gasteiger charge is 2.20. The topological polar surface area (TPSA) is 58.6 Å². The largest absolute Gasteiger partial charge is 0.478 e. The van der Waals surface area contributed by atoms with Crippen LogP contribution in [0.15, 0.2) is 24.3 Å². The van der Waals surface area contributed by atoms with Crippen LogP contribution in [0.25, 0.3) is 0 Å². The molecule has 0 amide bonds. The van der Waals surface area contributed by atoms with E-state index in [1.165, 1.54) is 12.8 Å². The van der Waals surface area contributed by atoms with Gasteiger partial charge in [0.25, 0.3) is 0 Å². The van der Waals surface area contributed by atoms with Crippen LogP contribution in [-0.4, -0.2) is 30.8 Å². The molecule has 0 aliphatic heterocycles. The first-order valence-electron chi connectivity index (χ1n) is 5.91. The highest BCUT2D eigenvalue weighted by Crippen LogP contribution is 2.28. The second-order valence-corrected chi connectivity index (χ2v) is 4.30. The van der Waals surface area contributed by atoms with Crippen LogP contribution < -0.4 is 5.32 Å². The van der Waals surface area contributed by atoms with E-state index in [1.807, 2.05) is 6.07 Å². The Balaban J connectivity index is 1.75. The van der Waals surface area contributed by atoms with Gasteiger partial charge in [0, 0.05) is 18.8 Å². The van der Waals surface area contributed by atoms with Gasteiger partial charge >= 0.3 is 5.97 Å². The summed E-state index contributed by atoms with van der Waals surface area (Å²) in [7, 11) is 0. The Hall–Kier alpha value is -1.55. The second kappa shape index (κ2) is 5.68. The average molecular weight is 235 g/mol. The van der Waals surface area contributed by atoms with Crippen molar-refractivity contribution < 1.29 is 14.6 Å². The van der Waals surface area contributed by atoms with Gasteiger partial charge in [-0.2, -0.15) is 0 Å². The van der Waals surface area contributed by atoms with E-state index in [1.54, 1.807) is 18.2 Å². The van der Waals surface area contributed by atoms with E-state index in [0.717, 1.165) is 12.5 Å². The summed E-state index contributed by atoms with van der Waals surface area (Å²) in [6.07, 6.45) is 2.57. The molecule has 0 aromatic heterocycles. The van der Waals surface area contributed by atoms with Crippen LogP contribution in [0.1, 0.15) is 23.2 Å². The SMILES string of the molecule is O=C(O)c1ccccc1NCCOCC1CC1. The molecular formula is C13H17NO3. The number of benzene rings is 1. The van der Waals surface area contributed by atoms with Crippen LogP contribution in [0.4, 0.5) is 5.69 Å². The molecule has 92 valence electrons. The third-order valence-corrected chi connectivity index (χ3v) is 2.77. The second-order valence-electron chi connectivity index (χ2n) is 4.30. The summed E-state index contributed by atoms with van der Waals surface area (Å²) >= 11 is 0. The quantitative estimate of drug-likeness (QED) is 0.711. The first-order chi connectivity index (χ1) is 8.27. The van der Waals surface area contributed by atoms with Gasteiger partial charge in [-0.05, 0) is 30.9 Å². The Labute approximate surface area is 101 Å². The molecule has 2 N–H and O–H groups in total. The summed E-state index contributed by atoms with van der Waals surface area (Å²) in [4.78, 5) is 10.9. The molecular weight excluding hydrogens is 218 g/mol. The molecule has 0 unspecified atom stereocenters. The minimum Gasteiger partial charge on any atom is -0.478 e. The van der Waals surface area contributed by atoms with Gasteiger partial charge in [0.05, 0.1) is 12.2 Å². The fraction of sp³-hybridized carbons (Fsp3) is 0.462. The first kappa shape index (κ1) is 11.9. The highest BCUT2D eigenvalue weighted by molar-refractivity contribution is 5.94. The van der Waals surface area contributed by atoms with E-state index in [9.17, 15) is 4.79 Å². The molecule has 0 spiro atoms. The number of nitrogens with one attached hydrogen (secondary N) is 1. The Morgan fingerprint density at radius 3 is 2.88 bits per heavy atom. The molecule has 0 radical (unpaired) electrons. The zero-order chi connectivity index (χ0) is 12.1. The lowest BCUT2D eigenvalue weighted by atomic mass is 10.2. The molecule has 0 atom stereocenters. The molecule has 1 aliphatic rings. The van der Waals surface area contributed by atoms with E-state index in [4.69, 9.17) is 9.84 Å². The van der Waals surface area contributed by atoms with Crippen molar-refractivity contribution in [2.24, 2.45) is 5.92 Å². The van der Waals surface area contributed by atoms with Crippen molar-refractivity contribution in [3.63, 3.8) is 0 Å². The van der Waals surface area contributed by atoms with Crippen molar-refractivity contribution in [1.82, 2.24) is 0 Å². The summed E-state index contributed by atoms with van der Waals surface area (Å²) in [5.41, 5.74) is 0.949. The van der Waals surface area contributed by atoms with E-state index in [0.29, 0.717) is 24.4 Å². The fourth-order valence-corrected chi connectivity index (χ4v) is 1.62. The maximum atomic E-state index is 10.9. The molecule has 1 saturated carbocycles. The molecule has 1 aliphatic carbocycles. The lowest BCUT2D eigenvalue weighted by Crippen LogP contribution is -2.13. The van der Waals surface area contributed by atoms with Crippen LogP contribution in [-0.2, 0) is 4.74 Å². The zero-order valence-corrected chi connectivity index (χ0v) is 9.69. The van der Waals surface area contributed by atoms with Gasteiger partial charge in [-0.1, -0.05) is 12.1 Å². The van der Waals surface area contributed by atoms with Crippen molar-refractivity contribution in [3.05, 3.63) is 29.8 Å². The molecule has 0 bridgehead atoms. The fourth-order valence-electron chi connectivity index (χ4n) is 1.62. The molecule has 0 saturated heterocycles. The van der Waals surface area contributed by atoms with E-state index in [-0.39, 0.29) is 0 Å². The van der Waals surface area contributed by atoms with E-state index >= 15 is 0 Å². The van der Waals surface area contributed by atoms with Crippen LogP contribution in [0.2, 0.25) is 0 Å². The third kappa shape index (κ3) is 3.75. The van der Waals surface area contributed by atoms with Gasteiger partial charge in [-0.25, -0.2) is 4.79 Å². The van der Waals surface area contributed by atoms with Crippen molar-refractivity contribution in [2.45, 2.75) is 12.8 Å². The van der Waals surface area contributed by atoms with Crippen molar-refractivity contribution in [2.75, 3.05) is 25.1 Å². The number of carboxylic acids is 1. The Kier molecular flexibility index (Phi) is 3.98. The summed E-state index contributed by atoms with van der Waals surface area (Å²) in [5.74, 6) is -0.145. The monoisotopic (exact) mass is 235 g/mol. The van der Waals surface area contributed by atoms with Crippen molar-refractivity contribution >= 4 is 11.7 Å². The maximum Gasteiger partial charge on any atom is 0.337 e. The molecule has 17 heavy (non-hydrogen) atoms. The molecule has 1 aromatic carbocycles. The van der Waals surface area contributed by atoms with Crippen molar-refractivity contribution in [1.29, 1.82) is 0 Å². The molecule has 2 rings (SSSR count). The molecule has 4 heteroatoms. The highest BCUT2D eigenvalue weighted by atomic mass is 16.5. The minimum absolute atomic E-state index is 0.301. The van der Waals surface area contributed by atoms with Gasteiger partial charge in [-0.15, -0.1) is 0 Å². The summed E-state index contributed by atoms with van der Waals surface area (Å²) < 4.78 is 5.47. The number of hydrogen-bond donors (Lipinski definition) is 2. The Bertz CT molecular complexity index is 388. The number of anilines is 1. The molecule has 4 nitrogen and oxygen atoms in total. The maximum absolute atomic E-state index is 10.9. The molecule has 1 fully saturated rings. The number of carboxylic acid groups (broad SMARTS) is 1. The normalized spacial score (nSPS) is 14.6. The molecule has 1 aromatic rings. The lowest BCUT2D eigenvalue weighted by molar-refractivity contribution is 0.0698. The van der Waals surface area contributed by atoms with Crippen LogP contribution in [0, 0.1) is 5.92 Å². The number of aromatic carboxylic acids is 1.